The minimum Gasteiger partial charge on any atom is -0.362 e. The molecule has 0 heterocycles. The first kappa shape index (κ1) is 8.95. The number of nitrogens with one attached hydrogen (secondary N) is 1. The first-order valence-electron chi connectivity index (χ1n) is 1.02. The molecule has 1 N–H and O–H groups in total. The second kappa shape index (κ2) is 8.89. The molecular weight excluding hydrogens is 102 g/mol. The molecule has 0 fully saturated rings. The van der Waals surface area contributed by atoms with Gasteiger partial charge in [-0.15, -0.1) is 0 Å². The largest absolute Gasteiger partial charge is 0.362 e. The van der Waals surface area contributed by atoms with Crippen LogP contribution in [0.3, 0.4) is 0 Å². The van der Waals surface area contributed by atoms with Crippen molar-refractivity contribution >= 4 is 6.41 Å². The van der Waals surface area contributed by atoms with Crippen LogP contribution in [0.25, 0.3) is 0 Å². The van der Waals surface area contributed by atoms with Gasteiger partial charge < -0.3 is 5.32 Å². The molecule has 28 valence electrons. The molecule has 0 aromatic rings. The van der Waals surface area contributed by atoms with Gasteiger partial charge in [0, 0.05) is 28.8 Å². The van der Waals surface area contributed by atoms with E-state index in [-0.39, 0.29) is 21.7 Å². The van der Waals surface area contributed by atoms with Crippen LogP contribution in [0.15, 0.2) is 0 Å². The molecule has 0 saturated carbocycles. The summed E-state index contributed by atoms with van der Waals surface area (Å²) in [5.74, 6) is 0. The molecule has 3 heteroatoms. The molecule has 5 heavy (non-hydrogen) atoms. The Morgan fingerprint density at radius 1 is 1.80 bits per heavy atom. The van der Waals surface area contributed by atoms with Gasteiger partial charge in [-0.1, -0.05) is 0 Å². The van der Waals surface area contributed by atoms with Gasteiger partial charge in [0.25, 0.3) is 0 Å². The smallest absolute Gasteiger partial charge is 0.206 e. The van der Waals surface area contributed by atoms with Gasteiger partial charge in [0.2, 0.25) is 6.41 Å². The minimum atomic E-state index is 0. The van der Waals surface area contributed by atoms with E-state index in [9.17, 15) is 0 Å². The maximum Gasteiger partial charge on any atom is 0.206 e. The second-order valence-corrected chi connectivity index (χ2v) is 0.407. The predicted molar refractivity (Wildman–Crippen MR) is 15.1 cm³/mol. The first-order valence-corrected chi connectivity index (χ1v) is 1.02. The number of rotatable bonds is 1. The Morgan fingerprint density at radius 3 is 2.00 bits per heavy atom. The summed E-state index contributed by atoms with van der Waals surface area (Å²) in [6.07, 6.45) is 0.625. The number of carbonyl (C=O) groups excluding carboxylic acids is 1. The van der Waals surface area contributed by atoms with Crippen LogP contribution < -0.4 is 5.32 Å². The van der Waals surface area contributed by atoms with Crippen molar-refractivity contribution in [1.82, 2.24) is 5.32 Å². The van der Waals surface area contributed by atoms with Crippen LogP contribution in [0.1, 0.15) is 0 Å². The SMILES string of the molecule is CNC=O.[Ti]. The minimum absolute atomic E-state index is 0. The summed E-state index contributed by atoms with van der Waals surface area (Å²) in [5.41, 5.74) is 0. The molecule has 0 aliphatic rings. The fraction of sp³-hybridized carbons (Fsp3) is 0.500. The maximum atomic E-state index is 9.06. The van der Waals surface area contributed by atoms with Crippen molar-refractivity contribution in [2.75, 3.05) is 7.05 Å². The van der Waals surface area contributed by atoms with Crippen LogP contribution in [-0.2, 0) is 26.5 Å². The normalized spacial score (nSPS) is 4.20. The molecule has 2 nitrogen and oxygen atoms in total. The van der Waals surface area contributed by atoms with Crippen molar-refractivity contribution in [2.45, 2.75) is 0 Å². The van der Waals surface area contributed by atoms with Gasteiger partial charge in [0.05, 0.1) is 0 Å². The summed E-state index contributed by atoms with van der Waals surface area (Å²) in [6, 6.07) is 0. The summed E-state index contributed by atoms with van der Waals surface area (Å²) in [7, 11) is 1.56. The Balaban J connectivity index is 0. The Morgan fingerprint density at radius 2 is 2.00 bits per heavy atom. The van der Waals surface area contributed by atoms with Gasteiger partial charge in [-0.25, -0.2) is 0 Å². The van der Waals surface area contributed by atoms with E-state index < -0.39 is 0 Å². The molecule has 0 saturated heterocycles. The molecule has 0 aromatic heterocycles. The van der Waals surface area contributed by atoms with Crippen molar-refractivity contribution in [1.29, 1.82) is 0 Å². The fourth-order valence-electron chi connectivity index (χ4n) is 0. The molecule has 0 rings (SSSR count). The summed E-state index contributed by atoms with van der Waals surface area (Å²) in [4.78, 5) is 9.06. The number of carbonyl (C=O) groups is 1. The Bertz CT molecular complexity index is 23.6. The van der Waals surface area contributed by atoms with Crippen LogP contribution in [-0.4, -0.2) is 13.5 Å². The molecule has 0 aliphatic carbocycles. The quantitative estimate of drug-likeness (QED) is 0.350. The molecule has 0 unspecified atom stereocenters. The van der Waals surface area contributed by atoms with Crippen molar-refractivity contribution in [3.8, 4) is 0 Å². The topological polar surface area (TPSA) is 29.1 Å². The summed E-state index contributed by atoms with van der Waals surface area (Å²) in [6.45, 7) is 0. The Kier molecular flexibility index (Phi) is 15.9. The third-order valence-corrected chi connectivity index (χ3v) is 0.118. The van der Waals surface area contributed by atoms with Crippen molar-refractivity contribution in [2.24, 2.45) is 0 Å². The van der Waals surface area contributed by atoms with Gasteiger partial charge >= 0.3 is 0 Å². The summed E-state index contributed by atoms with van der Waals surface area (Å²) < 4.78 is 0. The van der Waals surface area contributed by atoms with E-state index in [1.54, 1.807) is 7.05 Å². The van der Waals surface area contributed by atoms with Crippen molar-refractivity contribution in [3.05, 3.63) is 0 Å². The number of hydrogen-bond donors (Lipinski definition) is 1. The average molecular weight is 107 g/mol. The van der Waals surface area contributed by atoms with Crippen molar-refractivity contribution < 1.29 is 26.5 Å². The van der Waals surface area contributed by atoms with Crippen LogP contribution in [0.5, 0.6) is 0 Å². The zero-order valence-electron chi connectivity index (χ0n) is 2.99. The third kappa shape index (κ3) is 14.2. The molecule has 0 atom stereocenters. The van der Waals surface area contributed by atoms with Crippen LogP contribution in [0.2, 0.25) is 0 Å². The van der Waals surface area contributed by atoms with Crippen LogP contribution in [0, 0.1) is 0 Å². The third-order valence-electron chi connectivity index (χ3n) is 0.118. The summed E-state index contributed by atoms with van der Waals surface area (Å²) in [5, 5.41) is 2.25. The standard InChI is InChI=1S/C2H5NO.Ti/c1-3-2-4;/h2H,1H3,(H,3,4);. The molecule has 0 aliphatic heterocycles. The fourth-order valence-corrected chi connectivity index (χ4v) is 0. The van der Waals surface area contributed by atoms with E-state index in [4.69, 9.17) is 4.79 Å². The van der Waals surface area contributed by atoms with Gasteiger partial charge in [0.15, 0.2) is 0 Å². The molecule has 0 spiro atoms. The van der Waals surface area contributed by atoms with Crippen LogP contribution >= 0.6 is 0 Å². The maximum absolute atomic E-state index is 9.06. The van der Waals surface area contributed by atoms with E-state index in [0.29, 0.717) is 6.41 Å². The molecule has 1 amide bonds. The van der Waals surface area contributed by atoms with Crippen LogP contribution in [0.4, 0.5) is 0 Å². The average Bonchev–Trinajstić information content (AvgIpc) is 1.37. The Labute approximate surface area is 45.8 Å². The second-order valence-electron chi connectivity index (χ2n) is 0.407. The Hall–Kier alpha value is 0.184. The van der Waals surface area contributed by atoms with E-state index in [1.165, 1.54) is 0 Å². The van der Waals surface area contributed by atoms with Crippen molar-refractivity contribution in [3.63, 3.8) is 0 Å². The van der Waals surface area contributed by atoms with Gasteiger partial charge in [-0.05, 0) is 0 Å². The zero-order valence-corrected chi connectivity index (χ0v) is 4.55. The molecule has 0 aromatic carbocycles. The number of amides is 1. The first-order chi connectivity index (χ1) is 1.91. The summed E-state index contributed by atoms with van der Waals surface area (Å²) >= 11 is 0. The van der Waals surface area contributed by atoms with E-state index in [1.807, 2.05) is 0 Å². The molecular formula is C2H5NOTi. The predicted octanol–water partition coefficient (Wildman–Crippen LogP) is -0.640. The van der Waals surface area contributed by atoms with Gasteiger partial charge in [-0.3, -0.25) is 4.79 Å². The van der Waals surface area contributed by atoms with Gasteiger partial charge in [-0.2, -0.15) is 0 Å². The van der Waals surface area contributed by atoms with E-state index in [0.717, 1.165) is 0 Å². The number of hydrogen-bond acceptors (Lipinski definition) is 1. The van der Waals surface area contributed by atoms with E-state index >= 15 is 0 Å². The van der Waals surface area contributed by atoms with E-state index in [2.05, 4.69) is 5.32 Å². The van der Waals surface area contributed by atoms with Gasteiger partial charge in [0.1, 0.15) is 0 Å². The zero-order chi connectivity index (χ0) is 3.41. The monoisotopic (exact) mass is 107 g/mol. The molecule has 0 bridgehead atoms. The molecule has 0 radical (unpaired) electrons.